The lowest BCUT2D eigenvalue weighted by molar-refractivity contribution is 0.0526. The molecule has 1 aromatic heterocycles. The van der Waals surface area contributed by atoms with Crippen LogP contribution in [0.25, 0.3) is 11.0 Å². The number of nitrogens with one attached hydrogen (secondary N) is 2. The number of nitrogen functional groups attached to an aromatic ring is 1. The van der Waals surface area contributed by atoms with Crippen molar-refractivity contribution >= 4 is 38.5 Å². The quantitative estimate of drug-likeness (QED) is 0.196. The molecule has 0 unspecified atom stereocenters. The monoisotopic (exact) mass is 491 g/mol. The van der Waals surface area contributed by atoms with Crippen molar-refractivity contribution in [3.8, 4) is 0 Å². The van der Waals surface area contributed by atoms with Gasteiger partial charge in [-0.05, 0) is 48.9 Å². The third kappa shape index (κ3) is 5.17. The number of sulfonamides is 1. The average Bonchev–Trinajstić information content (AvgIpc) is 3.13. The van der Waals surface area contributed by atoms with E-state index in [2.05, 4.69) is 9.71 Å². The maximum atomic E-state index is 12.9. The summed E-state index contributed by atoms with van der Waals surface area (Å²) in [5.74, 6) is 0.238. The number of fused-ring (bicyclic) bond motifs is 1. The van der Waals surface area contributed by atoms with Gasteiger partial charge < -0.3 is 15.0 Å². The molecule has 0 atom stereocenters. The van der Waals surface area contributed by atoms with E-state index in [1.54, 1.807) is 37.3 Å². The SMILES string of the molecule is CCOC(=O)c1cccc(S(=O)(=O)Nc2ccc3c(c2)nc(Cc2ccc(C(=N)N)cc2)n3C)c1. The summed E-state index contributed by atoms with van der Waals surface area (Å²) >= 11 is 0. The number of benzene rings is 3. The Morgan fingerprint density at radius 2 is 1.83 bits per heavy atom. The molecule has 0 radical (unpaired) electrons. The van der Waals surface area contributed by atoms with Crippen LogP contribution in [0.1, 0.15) is 34.2 Å². The molecule has 9 nitrogen and oxygen atoms in total. The van der Waals surface area contributed by atoms with Crippen molar-refractivity contribution in [3.05, 3.63) is 89.2 Å². The summed E-state index contributed by atoms with van der Waals surface area (Å²) in [7, 11) is -2.03. The van der Waals surface area contributed by atoms with Gasteiger partial charge in [-0.15, -0.1) is 0 Å². The zero-order chi connectivity index (χ0) is 25.2. The number of amidine groups is 1. The van der Waals surface area contributed by atoms with E-state index < -0.39 is 16.0 Å². The van der Waals surface area contributed by atoms with Crippen LogP contribution in [0.15, 0.2) is 71.6 Å². The van der Waals surface area contributed by atoms with Crippen molar-refractivity contribution in [2.45, 2.75) is 18.2 Å². The van der Waals surface area contributed by atoms with E-state index in [4.69, 9.17) is 15.9 Å². The van der Waals surface area contributed by atoms with Crippen LogP contribution >= 0.6 is 0 Å². The van der Waals surface area contributed by atoms with Crippen LogP contribution in [0.5, 0.6) is 0 Å². The molecule has 0 saturated heterocycles. The molecule has 0 saturated carbocycles. The van der Waals surface area contributed by atoms with Gasteiger partial charge in [0.15, 0.2) is 0 Å². The van der Waals surface area contributed by atoms with Gasteiger partial charge in [0, 0.05) is 19.0 Å². The van der Waals surface area contributed by atoms with Gasteiger partial charge in [0.25, 0.3) is 10.0 Å². The van der Waals surface area contributed by atoms with Crippen molar-refractivity contribution in [1.82, 2.24) is 9.55 Å². The normalized spacial score (nSPS) is 11.4. The number of anilines is 1. The van der Waals surface area contributed by atoms with Gasteiger partial charge >= 0.3 is 5.97 Å². The lowest BCUT2D eigenvalue weighted by Gasteiger charge is -2.09. The van der Waals surface area contributed by atoms with Crippen molar-refractivity contribution in [2.75, 3.05) is 11.3 Å². The van der Waals surface area contributed by atoms with Crippen molar-refractivity contribution in [1.29, 1.82) is 5.41 Å². The van der Waals surface area contributed by atoms with Gasteiger partial charge in [-0.2, -0.15) is 0 Å². The first kappa shape index (κ1) is 24.0. The Balaban J connectivity index is 1.57. The number of ether oxygens (including phenoxy) is 1. The fraction of sp³-hybridized carbons (Fsp3) is 0.160. The number of imidazole rings is 1. The largest absolute Gasteiger partial charge is 0.462 e. The van der Waals surface area contributed by atoms with Crippen LogP contribution in [0.2, 0.25) is 0 Å². The second-order valence-corrected chi connectivity index (χ2v) is 9.61. The minimum Gasteiger partial charge on any atom is -0.462 e. The van der Waals surface area contributed by atoms with E-state index in [1.807, 2.05) is 23.7 Å². The summed E-state index contributed by atoms with van der Waals surface area (Å²) in [5.41, 5.74) is 9.20. The number of rotatable bonds is 8. The molecule has 1 heterocycles. The number of hydrogen-bond donors (Lipinski definition) is 3. The van der Waals surface area contributed by atoms with Crippen LogP contribution in [0, 0.1) is 5.41 Å². The van der Waals surface area contributed by atoms with E-state index in [1.165, 1.54) is 24.3 Å². The van der Waals surface area contributed by atoms with Crippen molar-refractivity contribution < 1.29 is 17.9 Å². The molecule has 0 spiro atoms. The van der Waals surface area contributed by atoms with E-state index in [0.717, 1.165) is 16.9 Å². The summed E-state index contributed by atoms with van der Waals surface area (Å²) in [6, 6.07) is 18.2. The number of aryl methyl sites for hydroxylation is 1. The van der Waals surface area contributed by atoms with E-state index in [-0.39, 0.29) is 22.9 Å². The third-order valence-electron chi connectivity index (χ3n) is 5.51. The van der Waals surface area contributed by atoms with E-state index in [0.29, 0.717) is 23.2 Å². The molecule has 0 aliphatic carbocycles. The van der Waals surface area contributed by atoms with Crippen molar-refractivity contribution in [2.24, 2.45) is 12.8 Å². The summed E-state index contributed by atoms with van der Waals surface area (Å²) in [6.45, 7) is 1.88. The molecule has 35 heavy (non-hydrogen) atoms. The first-order valence-electron chi connectivity index (χ1n) is 10.9. The second kappa shape index (κ2) is 9.59. The average molecular weight is 492 g/mol. The molecule has 0 aliphatic rings. The van der Waals surface area contributed by atoms with Gasteiger partial charge in [0.2, 0.25) is 0 Å². The van der Waals surface area contributed by atoms with Crippen LogP contribution in [-0.2, 0) is 28.2 Å². The summed E-state index contributed by atoms with van der Waals surface area (Å²) in [4.78, 5) is 16.6. The summed E-state index contributed by atoms with van der Waals surface area (Å²) in [5, 5.41) is 7.51. The molecule has 10 heteroatoms. The highest BCUT2D eigenvalue weighted by Crippen LogP contribution is 2.24. The molecule has 4 N–H and O–H groups in total. The Morgan fingerprint density at radius 3 is 2.51 bits per heavy atom. The standard InChI is InChI=1S/C25H25N5O4S/c1-3-34-25(31)18-5-4-6-20(14-18)35(32,33)29-19-11-12-22-21(15-19)28-23(30(22)2)13-16-7-9-17(10-8-16)24(26)27/h4-12,14-15,29H,3,13H2,1-2H3,(H3,26,27). The first-order chi connectivity index (χ1) is 16.7. The van der Waals surface area contributed by atoms with Crippen molar-refractivity contribution in [3.63, 3.8) is 0 Å². The number of hydrogen-bond acceptors (Lipinski definition) is 6. The summed E-state index contributed by atoms with van der Waals surface area (Å²) < 4.78 is 35.4. The van der Waals surface area contributed by atoms with Crippen LogP contribution in [-0.4, -0.2) is 36.4 Å². The molecule has 4 rings (SSSR count). The topological polar surface area (TPSA) is 140 Å². The van der Waals surface area contributed by atoms with Crippen LogP contribution < -0.4 is 10.5 Å². The smallest absolute Gasteiger partial charge is 0.338 e. The first-order valence-corrected chi connectivity index (χ1v) is 12.3. The zero-order valence-electron chi connectivity index (χ0n) is 19.3. The lowest BCUT2D eigenvalue weighted by atomic mass is 10.1. The molecular formula is C25H25N5O4S. The molecule has 0 aliphatic heterocycles. The van der Waals surface area contributed by atoms with Gasteiger partial charge in [0.1, 0.15) is 11.7 Å². The molecular weight excluding hydrogens is 466 g/mol. The number of nitrogens with two attached hydrogens (primary N) is 1. The van der Waals surface area contributed by atoms with Crippen LogP contribution in [0.3, 0.4) is 0 Å². The summed E-state index contributed by atoms with van der Waals surface area (Å²) in [6.07, 6.45) is 0.561. The number of nitrogens with zero attached hydrogens (tertiary/aromatic N) is 2. The second-order valence-electron chi connectivity index (χ2n) is 7.93. The Hall–Kier alpha value is -4.18. The molecule has 3 aromatic carbocycles. The van der Waals surface area contributed by atoms with E-state index >= 15 is 0 Å². The fourth-order valence-corrected chi connectivity index (χ4v) is 4.77. The maximum absolute atomic E-state index is 12.9. The lowest BCUT2D eigenvalue weighted by Crippen LogP contribution is -2.14. The Morgan fingerprint density at radius 1 is 1.09 bits per heavy atom. The minimum absolute atomic E-state index is 0.0156. The highest BCUT2D eigenvalue weighted by Gasteiger charge is 2.18. The van der Waals surface area contributed by atoms with Crippen LogP contribution in [0.4, 0.5) is 5.69 Å². The molecule has 180 valence electrons. The van der Waals surface area contributed by atoms with Gasteiger partial charge in [0.05, 0.1) is 33.8 Å². The zero-order valence-corrected chi connectivity index (χ0v) is 20.1. The van der Waals surface area contributed by atoms with E-state index in [9.17, 15) is 13.2 Å². The highest BCUT2D eigenvalue weighted by molar-refractivity contribution is 7.92. The number of esters is 1. The Kier molecular flexibility index (Phi) is 6.57. The predicted molar refractivity (Wildman–Crippen MR) is 134 cm³/mol. The fourth-order valence-electron chi connectivity index (χ4n) is 3.67. The minimum atomic E-state index is -3.94. The molecule has 0 fully saturated rings. The highest BCUT2D eigenvalue weighted by atomic mass is 32.2. The molecule has 0 amide bonds. The van der Waals surface area contributed by atoms with Gasteiger partial charge in [-0.1, -0.05) is 30.3 Å². The number of aromatic nitrogens is 2. The van der Waals surface area contributed by atoms with Gasteiger partial charge in [-0.25, -0.2) is 18.2 Å². The molecule has 4 aromatic rings. The van der Waals surface area contributed by atoms with Gasteiger partial charge in [-0.3, -0.25) is 10.1 Å². The predicted octanol–water partition coefficient (Wildman–Crippen LogP) is 3.43. The Bertz CT molecular complexity index is 1530. The number of carbonyl (C=O) groups excluding carboxylic acids is 1. The number of carbonyl (C=O) groups is 1. The maximum Gasteiger partial charge on any atom is 0.338 e. The molecule has 0 bridgehead atoms. The third-order valence-corrected chi connectivity index (χ3v) is 6.89. The Labute approximate surface area is 203 Å².